The first kappa shape index (κ1) is 15.6. The summed E-state index contributed by atoms with van der Waals surface area (Å²) < 4.78 is 32.7. The maximum absolute atomic E-state index is 8.60. The Hall–Kier alpha value is 0.622. The minimum atomic E-state index is -4.69. The molecular formula is H3ClCrO5. The number of halogens is 1. The van der Waals surface area contributed by atoms with E-state index in [0.717, 1.165) is 0 Å². The zero-order valence-electron chi connectivity index (χ0n) is 2.96. The van der Waals surface area contributed by atoms with Crippen LogP contribution < -0.4 is 14.0 Å². The van der Waals surface area contributed by atoms with Gasteiger partial charge in [0.25, 0.3) is 0 Å². The fourth-order valence-electron chi connectivity index (χ4n) is 0. The van der Waals surface area contributed by atoms with E-state index in [9.17, 15) is 0 Å². The summed E-state index contributed by atoms with van der Waals surface area (Å²) in [6.07, 6.45) is 0. The Morgan fingerprint density at radius 1 is 1.14 bits per heavy atom. The van der Waals surface area contributed by atoms with Gasteiger partial charge in [0.2, 0.25) is 0 Å². The number of rotatable bonds is 0. The van der Waals surface area contributed by atoms with Crippen molar-refractivity contribution in [1.82, 2.24) is 0 Å². The molecule has 46 valence electrons. The summed E-state index contributed by atoms with van der Waals surface area (Å²) in [6, 6.07) is 0. The van der Waals surface area contributed by atoms with Crippen molar-refractivity contribution in [2.75, 3.05) is 0 Å². The summed E-state index contributed by atoms with van der Waals surface area (Å²) in [5, 5.41) is 0. The Morgan fingerprint density at radius 2 is 1.14 bits per heavy atom. The first-order valence-corrected chi connectivity index (χ1v) is 1.90. The number of hydrogen-bond donors (Lipinski definition) is 1. The van der Waals surface area contributed by atoms with E-state index >= 15 is 0 Å². The van der Waals surface area contributed by atoms with E-state index in [4.69, 9.17) is 18.6 Å². The third kappa shape index (κ3) is 365. The van der Waals surface area contributed by atoms with Crippen LogP contribution >= 0.6 is 0 Å². The molecular weight excluding hydrogens is 167 g/mol. The molecule has 0 spiro atoms. The monoisotopic (exact) mass is 170 g/mol. The van der Waals surface area contributed by atoms with E-state index < -0.39 is 10.2 Å². The van der Waals surface area contributed by atoms with Crippen molar-refractivity contribution in [3.63, 3.8) is 0 Å². The van der Waals surface area contributed by atoms with Crippen molar-refractivity contribution in [2.24, 2.45) is 0 Å². The van der Waals surface area contributed by atoms with E-state index in [2.05, 4.69) is 0 Å². The molecule has 5 nitrogen and oxygen atoms in total. The zero-order valence-corrected chi connectivity index (χ0v) is 4.99. The van der Waals surface area contributed by atoms with E-state index in [0.29, 0.717) is 0 Å². The minimum absolute atomic E-state index is 0. The van der Waals surface area contributed by atoms with Crippen molar-refractivity contribution in [2.45, 2.75) is 0 Å². The second-order valence-corrected chi connectivity index (χ2v) is 1.19. The normalized spacial score (nSPS) is 8.57. The smallest absolute Gasteiger partial charge is 0.0777 e. The molecule has 0 aliphatic rings. The second-order valence-electron chi connectivity index (χ2n) is 0.396. The van der Waals surface area contributed by atoms with Gasteiger partial charge in [-0.2, -0.15) is 14.0 Å². The fourth-order valence-corrected chi connectivity index (χ4v) is 0. The quantitative estimate of drug-likeness (QED) is 0.391. The average Bonchev–Trinajstić information content (AvgIpc) is 0.722. The summed E-state index contributed by atoms with van der Waals surface area (Å²) in [5.41, 5.74) is 0. The van der Waals surface area contributed by atoms with Gasteiger partial charge in [0.05, 0.1) is 14.9 Å². The topological polar surface area (TPSA) is 121 Å². The molecule has 7 heteroatoms. The minimum Gasteiger partial charge on any atom is -0.412 e. The largest absolute Gasteiger partial charge is 0.412 e. The van der Waals surface area contributed by atoms with Gasteiger partial charge in [0.15, 0.2) is 0 Å². The summed E-state index contributed by atoms with van der Waals surface area (Å²) in [5.74, 6) is 0. The molecule has 0 aliphatic heterocycles. The molecule has 0 bridgehead atoms. The van der Waals surface area contributed by atoms with Crippen LogP contribution in [0.2, 0.25) is 0 Å². The molecule has 0 saturated carbocycles. The molecule has 0 aromatic heterocycles. The van der Waals surface area contributed by atoms with E-state index in [1.54, 1.807) is 0 Å². The molecule has 0 heterocycles. The molecule has 0 rings (SSSR count). The van der Waals surface area contributed by atoms with Gasteiger partial charge in [0, 0.05) is 17.4 Å². The van der Waals surface area contributed by atoms with Gasteiger partial charge in [-0.15, -0.1) is 0 Å². The van der Waals surface area contributed by atoms with Crippen LogP contribution in [0.1, 0.15) is 0 Å². The van der Waals surface area contributed by atoms with Gasteiger partial charge in [-0.05, 0) is 0 Å². The summed E-state index contributed by atoms with van der Waals surface area (Å²) in [7, 11) is -4.69. The molecule has 0 amide bonds. The SMILES string of the molecule is O.[Cr].[O-][Cl+3]([O-])([O-])O. The molecule has 3 N–H and O–H groups in total. The molecule has 7 heavy (non-hydrogen) atoms. The van der Waals surface area contributed by atoms with Gasteiger partial charge < -0.3 is 5.48 Å². The summed E-state index contributed by atoms with van der Waals surface area (Å²) >= 11 is 0. The summed E-state index contributed by atoms with van der Waals surface area (Å²) in [6.45, 7) is 0. The molecule has 0 aliphatic carbocycles. The van der Waals surface area contributed by atoms with Gasteiger partial charge in [-0.1, -0.05) is 0 Å². The molecule has 0 fully saturated rings. The van der Waals surface area contributed by atoms with Crippen LogP contribution in [0.15, 0.2) is 0 Å². The Balaban J connectivity index is -0.0000000800. The van der Waals surface area contributed by atoms with Crippen molar-refractivity contribution >= 4 is 0 Å². The van der Waals surface area contributed by atoms with Crippen LogP contribution in [0, 0.1) is 10.2 Å². The van der Waals surface area contributed by atoms with Crippen molar-refractivity contribution in [1.29, 1.82) is 0 Å². The maximum atomic E-state index is 8.60. The summed E-state index contributed by atoms with van der Waals surface area (Å²) in [4.78, 5) is 0. The van der Waals surface area contributed by atoms with Gasteiger partial charge in [-0.3, -0.25) is 0 Å². The molecule has 0 radical (unpaired) electrons. The third-order valence-corrected chi connectivity index (χ3v) is 0. The van der Waals surface area contributed by atoms with Crippen LogP contribution in [0.4, 0.5) is 0 Å². The fraction of sp³-hybridized carbons (Fsp3) is 0. The van der Waals surface area contributed by atoms with E-state index in [-0.39, 0.29) is 22.8 Å². The maximum Gasteiger partial charge on any atom is 0.0777 e. The third-order valence-electron chi connectivity index (χ3n) is 0. The van der Waals surface area contributed by atoms with Gasteiger partial charge in [-0.25, -0.2) is 0 Å². The van der Waals surface area contributed by atoms with Crippen LogP contribution in [0.5, 0.6) is 0 Å². The second kappa shape index (κ2) is 4.77. The van der Waals surface area contributed by atoms with Crippen LogP contribution in [0.3, 0.4) is 0 Å². The van der Waals surface area contributed by atoms with E-state index in [1.165, 1.54) is 0 Å². The Kier molecular flexibility index (Phi) is 10.7. The van der Waals surface area contributed by atoms with Gasteiger partial charge >= 0.3 is 0 Å². The van der Waals surface area contributed by atoms with E-state index in [1.807, 2.05) is 0 Å². The van der Waals surface area contributed by atoms with Crippen LogP contribution in [-0.4, -0.2) is 10.1 Å². The van der Waals surface area contributed by atoms with Crippen molar-refractivity contribution in [3.8, 4) is 0 Å². The standard InChI is InChI=1S/ClHO4.Cr.H2O/c2-1(3,4)5;;/h(H,2,3,4,5);;1H2. The Bertz CT molecular complexity index is 23.6. The first-order chi connectivity index (χ1) is 2.00. The number of hydrogen-bond acceptors (Lipinski definition) is 4. The van der Waals surface area contributed by atoms with Crippen molar-refractivity contribution < 1.29 is 51.7 Å². The molecule has 0 saturated heterocycles. The molecule has 0 aromatic carbocycles. The van der Waals surface area contributed by atoms with Crippen LogP contribution in [-0.2, 0) is 17.4 Å². The van der Waals surface area contributed by atoms with Crippen molar-refractivity contribution in [3.05, 3.63) is 0 Å². The predicted octanol–water partition coefficient (Wildman–Crippen LogP) is -4.95. The molecule has 0 unspecified atom stereocenters. The Morgan fingerprint density at radius 3 is 1.14 bits per heavy atom. The molecule has 0 aromatic rings. The predicted molar refractivity (Wildman–Crippen MR) is 5.83 cm³/mol. The Labute approximate surface area is 52.4 Å². The van der Waals surface area contributed by atoms with Gasteiger partial charge in [0.1, 0.15) is 0 Å². The zero-order chi connectivity index (χ0) is 4.50. The van der Waals surface area contributed by atoms with Crippen LogP contribution in [0.25, 0.3) is 0 Å². The first-order valence-electron chi connectivity index (χ1n) is 0.632. The average molecular weight is 170 g/mol. The molecule has 0 atom stereocenters.